The highest BCUT2D eigenvalue weighted by atomic mass is 16.5. The molecule has 0 fully saturated rings. The number of nitrogens with zero attached hydrogens (tertiary/aromatic N) is 3. The van der Waals surface area contributed by atoms with Crippen LogP contribution < -0.4 is 10.1 Å². The third-order valence-electron chi connectivity index (χ3n) is 4.68. The van der Waals surface area contributed by atoms with E-state index in [0.29, 0.717) is 12.3 Å². The maximum Gasteiger partial charge on any atom is 0.275 e. The predicted octanol–water partition coefficient (Wildman–Crippen LogP) is 2.78. The van der Waals surface area contributed by atoms with E-state index in [1.165, 1.54) is 5.56 Å². The summed E-state index contributed by atoms with van der Waals surface area (Å²) in [5, 5.41) is 7.43. The average Bonchev–Trinajstić information content (AvgIpc) is 3.17. The van der Waals surface area contributed by atoms with E-state index >= 15 is 0 Å². The number of amides is 1. The number of aromatic nitrogens is 2. The van der Waals surface area contributed by atoms with Gasteiger partial charge in [-0.15, -0.1) is 0 Å². The number of ether oxygens (including phenoxy) is 1. The van der Waals surface area contributed by atoms with Crippen LogP contribution in [0, 0.1) is 0 Å². The van der Waals surface area contributed by atoms with E-state index in [9.17, 15) is 4.79 Å². The number of likely N-dealkylation sites (N-methyl/N-ethyl adjacent to an activating group) is 1. The fraction of sp³-hybridized carbons (Fsp3) is 0.273. The van der Waals surface area contributed by atoms with Crippen LogP contribution in [-0.2, 0) is 6.42 Å². The number of carbonyl (C=O) groups excluding carboxylic acids is 1. The monoisotopic (exact) mass is 378 g/mol. The molecule has 1 N–H and O–H groups in total. The zero-order chi connectivity index (χ0) is 19.9. The molecule has 0 saturated carbocycles. The summed E-state index contributed by atoms with van der Waals surface area (Å²) in [5.74, 6) is 0.206. The van der Waals surface area contributed by atoms with Crippen LogP contribution in [0.25, 0.3) is 5.69 Å². The molecule has 146 valence electrons. The summed E-state index contributed by atoms with van der Waals surface area (Å²) in [5.41, 5.74) is 2.39. The number of carbonyl (C=O) groups is 1. The fourth-order valence-corrected chi connectivity index (χ4v) is 3.00. The van der Waals surface area contributed by atoms with Crippen molar-refractivity contribution in [2.75, 3.05) is 27.7 Å². The van der Waals surface area contributed by atoms with Gasteiger partial charge in [-0.3, -0.25) is 4.79 Å². The van der Waals surface area contributed by atoms with Gasteiger partial charge in [0.05, 0.1) is 19.0 Å². The Labute approximate surface area is 165 Å². The Morgan fingerprint density at radius 3 is 2.36 bits per heavy atom. The Hall–Kier alpha value is -3.12. The number of benzene rings is 2. The third kappa shape index (κ3) is 4.78. The van der Waals surface area contributed by atoms with Crippen molar-refractivity contribution < 1.29 is 9.53 Å². The Bertz CT molecular complexity index is 891. The second-order valence-electron chi connectivity index (χ2n) is 6.84. The van der Waals surface area contributed by atoms with Crippen molar-refractivity contribution in [3.8, 4) is 11.4 Å². The van der Waals surface area contributed by atoms with Crippen molar-refractivity contribution in [1.82, 2.24) is 20.0 Å². The minimum Gasteiger partial charge on any atom is -0.493 e. The first-order valence-electron chi connectivity index (χ1n) is 9.26. The first-order chi connectivity index (χ1) is 13.6. The van der Waals surface area contributed by atoms with Gasteiger partial charge in [-0.25, -0.2) is 4.68 Å². The van der Waals surface area contributed by atoms with Gasteiger partial charge in [0.15, 0.2) is 11.4 Å². The summed E-state index contributed by atoms with van der Waals surface area (Å²) < 4.78 is 7.02. The first-order valence-corrected chi connectivity index (χ1v) is 9.26. The molecule has 6 nitrogen and oxygen atoms in total. The van der Waals surface area contributed by atoms with Crippen LogP contribution >= 0.6 is 0 Å². The number of hydrogen-bond acceptors (Lipinski definition) is 4. The maximum atomic E-state index is 12.8. The lowest BCUT2D eigenvalue weighted by atomic mass is 10.1. The number of methoxy groups -OCH3 is 1. The quantitative estimate of drug-likeness (QED) is 0.655. The van der Waals surface area contributed by atoms with Crippen molar-refractivity contribution in [3.63, 3.8) is 0 Å². The standard InChI is InChI=1S/C22H26N4O2/c1-25(2)19(14-17-10-6-4-7-11-17)15-23-22(27)21-20(28-3)16-26(24-21)18-12-8-5-9-13-18/h4-13,16,19H,14-15H2,1-3H3,(H,23,27). The van der Waals surface area contributed by atoms with Gasteiger partial charge in [0.25, 0.3) is 5.91 Å². The second-order valence-corrected chi connectivity index (χ2v) is 6.84. The van der Waals surface area contributed by atoms with Crippen molar-refractivity contribution in [2.24, 2.45) is 0 Å². The Kier molecular flexibility index (Phi) is 6.45. The molecule has 2 aromatic carbocycles. The average molecular weight is 378 g/mol. The zero-order valence-electron chi connectivity index (χ0n) is 16.5. The highest BCUT2D eigenvalue weighted by Gasteiger charge is 2.20. The van der Waals surface area contributed by atoms with Crippen LogP contribution in [0.4, 0.5) is 0 Å². The summed E-state index contributed by atoms with van der Waals surface area (Å²) in [6.07, 6.45) is 2.57. The largest absolute Gasteiger partial charge is 0.493 e. The molecule has 0 aliphatic rings. The molecule has 0 spiro atoms. The minimum absolute atomic E-state index is 0.175. The van der Waals surface area contributed by atoms with Crippen LogP contribution in [0.15, 0.2) is 66.9 Å². The molecule has 1 heterocycles. The molecule has 3 aromatic rings. The molecule has 1 aromatic heterocycles. The number of nitrogens with one attached hydrogen (secondary N) is 1. The van der Waals surface area contributed by atoms with Gasteiger partial charge in [-0.05, 0) is 38.2 Å². The van der Waals surface area contributed by atoms with E-state index in [-0.39, 0.29) is 17.6 Å². The van der Waals surface area contributed by atoms with E-state index in [0.717, 1.165) is 12.1 Å². The molecular formula is C22H26N4O2. The molecule has 1 atom stereocenters. The van der Waals surface area contributed by atoms with E-state index in [2.05, 4.69) is 27.4 Å². The lowest BCUT2D eigenvalue weighted by molar-refractivity contribution is 0.0933. The second kappa shape index (κ2) is 9.19. The smallest absolute Gasteiger partial charge is 0.275 e. The van der Waals surface area contributed by atoms with Crippen molar-refractivity contribution >= 4 is 5.91 Å². The van der Waals surface area contributed by atoms with E-state index in [4.69, 9.17) is 4.74 Å². The molecule has 1 amide bonds. The van der Waals surface area contributed by atoms with Gasteiger partial charge in [0.2, 0.25) is 0 Å². The first kappa shape index (κ1) is 19.6. The van der Waals surface area contributed by atoms with Crippen LogP contribution in [0.5, 0.6) is 5.75 Å². The molecule has 0 aliphatic heterocycles. The predicted molar refractivity (Wildman–Crippen MR) is 110 cm³/mol. The summed E-state index contributed by atoms with van der Waals surface area (Å²) in [7, 11) is 5.58. The van der Waals surface area contributed by atoms with Crippen LogP contribution in [0.3, 0.4) is 0 Å². The van der Waals surface area contributed by atoms with E-state index in [1.807, 2.05) is 62.6 Å². The molecule has 6 heteroatoms. The minimum atomic E-state index is -0.244. The van der Waals surface area contributed by atoms with Gasteiger partial charge in [-0.1, -0.05) is 48.5 Å². The van der Waals surface area contributed by atoms with Crippen LogP contribution in [0.1, 0.15) is 16.1 Å². The van der Waals surface area contributed by atoms with Gasteiger partial charge in [-0.2, -0.15) is 5.10 Å². The lowest BCUT2D eigenvalue weighted by Crippen LogP contribution is -2.41. The molecule has 28 heavy (non-hydrogen) atoms. The summed E-state index contributed by atoms with van der Waals surface area (Å²) in [6, 6.07) is 20.1. The van der Waals surface area contributed by atoms with Gasteiger partial charge < -0.3 is 15.0 Å². The van der Waals surface area contributed by atoms with E-state index < -0.39 is 0 Å². The zero-order valence-corrected chi connectivity index (χ0v) is 16.5. The Balaban J connectivity index is 1.70. The Morgan fingerprint density at radius 2 is 1.75 bits per heavy atom. The van der Waals surface area contributed by atoms with Crippen LogP contribution in [-0.4, -0.2) is 54.4 Å². The van der Waals surface area contributed by atoms with Gasteiger partial charge in [0, 0.05) is 12.6 Å². The van der Waals surface area contributed by atoms with E-state index in [1.54, 1.807) is 18.0 Å². The number of hydrogen-bond donors (Lipinski definition) is 1. The van der Waals surface area contributed by atoms with Crippen molar-refractivity contribution in [2.45, 2.75) is 12.5 Å². The summed E-state index contributed by atoms with van der Waals surface area (Å²) in [4.78, 5) is 14.9. The van der Waals surface area contributed by atoms with Gasteiger partial charge in [0.1, 0.15) is 0 Å². The third-order valence-corrected chi connectivity index (χ3v) is 4.68. The molecule has 0 aliphatic carbocycles. The number of rotatable bonds is 8. The fourth-order valence-electron chi connectivity index (χ4n) is 3.00. The summed E-state index contributed by atoms with van der Waals surface area (Å²) in [6.45, 7) is 0.516. The van der Waals surface area contributed by atoms with Crippen molar-refractivity contribution in [1.29, 1.82) is 0 Å². The lowest BCUT2D eigenvalue weighted by Gasteiger charge is -2.24. The molecule has 0 radical (unpaired) electrons. The highest BCUT2D eigenvalue weighted by molar-refractivity contribution is 5.95. The Morgan fingerprint density at radius 1 is 1.11 bits per heavy atom. The molecular weight excluding hydrogens is 352 g/mol. The summed E-state index contributed by atoms with van der Waals surface area (Å²) >= 11 is 0. The SMILES string of the molecule is COc1cn(-c2ccccc2)nc1C(=O)NCC(Cc1ccccc1)N(C)C. The molecule has 1 unspecified atom stereocenters. The van der Waals surface area contributed by atoms with Crippen LogP contribution in [0.2, 0.25) is 0 Å². The van der Waals surface area contributed by atoms with Crippen molar-refractivity contribution in [3.05, 3.63) is 78.1 Å². The maximum absolute atomic E-state index is 12.8. The topological polar surface area (TPSA) is 59.4 Å². The highest BCUT2D eigenvalue weighted by Crippen LogP contribution is 2.19. The molecule has 0 saturated heterocycles. The van der Waals surface area contributed by atoms with Gasteiger partial charge >= 0.3 is 0 Å². The molecule has 3 rings (SSSR count). The number of para-hydroxylation sites is 1. The molecule has 0 bridgehead atoms. The normalized spacial score (nSPS) is 12.0.